The number of halogens is 1. The van der Waals surface area contributed by atoms with E-state index in [1.165, 1.54) is 197 Å². The van der Waals surface area contributed by atoms with Gasteiger partial charge in [0.2, 0.25) is 0 Å². The van der Waals surface area contributed by atoms with Gasteiger partial charge in [-0.05, 0) is 38.1 Å². The number of unbranched alkanes of at least 4 members (excludes halogenated alkanes) is 24. The lowest BCUT2D eigenvalue weighted by atomic mass is 10.0. The van der Waals surface area contributed by atoms with Gasteiger partial charge >= 0.3 is 9.28 Å². The van der Waals surface area contributed by atoms with Gasteiger partial charge in [0.1, 0.15) is 0 Å². The molecular formula is C36H78ClNO2Si. The van der Waals surface area contributed by atoms with Gasteiger partial charge in [0.15, 0.2) is 0 Å². The topological polar surface area (TPSA) is 18.5 Å². The Kier molecular flexibility index (Phi) is 37.0. The molecule has 250 valence electrons. The minimum Gasteiger partial charge on any atom is -1.00 e. The van der Waals surface area contributed by atoms with Crippen LogP contribution >= 0.6 is 0 Å². The fourth-order valence-corrected chi connectivity index (χ4v) is 7.51. The molecule has 41 heavy (non-hydrogen) atoms. The van der Waals surface area contributed by atoms with E-state index >= 15 is 0 Å². The molecule has 0 aliphatic rings. The first-order chi connectivity index (χ1) is 19.6. The Morgan fingerprint density at radius 1 is 0.390 bits per heavy atom. The summed E-state index contributed by atoms with van der Waals surface area (Å²) in [5.74, 6) is 0. The van der Waals surface area contributed by atoms with Gasteiger partial charge in [-0.2, -0.15) is 0 Å². The zero-order chi connectivity index (χ0) is 29.4. The highest BCUT2D eigenvalue weighted by molar-refractivity contribution is 6.44. The summed E-state index contributed by atoms with van der Waals surface area (Å²) >= 11 is 0. The summed E-state index contributed by atoms with van der Waals surface area (Å²) in [6.07, 6.45) is 38.8. The van der Waals surface area contributed by atoms with Crippen molar-refractivity contribution in [3.05, 3.63) is 0 Å². The van der Waals surface area contributed by atoms with E-state index in [1.54, 1.807) is 0 Å². The number of hydrogen-bond acceptors (Lipinski definition) is 2. The lowest BCUT2D eigenvalue weighted by Gasteiger charge is -2.35. The molecule has 0 rings (SSSR count). The van der Waals surface area contributed by atoms with Crippen LogP contribution in [0.25, 0.3) is 0 Å². The molecule has 0 fully saturated rings. The molecule has 0 spiro atoms. The number of hydrogen-bond donors (Lipinski definition) is 0. The number of rotatable bonds is 34. The summed E-state index contributed by atoms with van der Waals surface area (Å²) in [6.45, 7) is 8.64. The molecule has 0 aliphatic heterocycles. The van der Waals surface area contributed by atoms with E-state index in [-0.39, 0.29) is 12.4 Å². The second kappa shape index (κ2) is 34.9. The van der Waals surface area contributed by atoms with Gasteiger partial charge in [0.05, 0.1) is 26.7 Å². The SMILES string of the molecule is CCCCCCCCCCCCCCCC[N+](C)(CCCCCCCCCCCCCC)CCC[SiH](OC)OC.[Cl-]. The summed E-state index contributed by atoms with van der Waals surface area (Å²) in [4.78, 5) is 0. The van der Waals surface area contributed by atoms with Crippen LogP contribution in [0.4, 0.5) is 0 Å². The third-order valence-electron chi connectivity index (χ3n) is 9.27. The molecule has 0 aromatic heterocycles. The fraction of sp³-hybridized carbons (Fsp3) is 1.00. The van der Waals surface area contributed by atoms with Crippen molar-refractivity contribution in [1.29, 1.82) is 0 Å². The quantitative estimate of drug-likeness (QED) is 0.0408. The predicted octanol–water partition coefficient (Wildman–Crippen LogP) is 8.52. The van der Waals surface area contributed by atoms with Crippen LogP contribution in [-0.2, 0) is 8.85 Å². The molecule has 3 nitrogen and oxygen atoms in total. The highest BCUT2D eigenvalue weighted by atomic mass is 35.5. The molecule has 1 atom stereocenters. The summed E-state index contributed by atoms with van der Waals surface area (Å²) in [7, 11) is 4.78. The van der Waals surface area contributed by atoms with Gasteiger partial charge in [0.25, 0.3) is 0 Å². The average molecular weight is 621 g/mol. The van der Waals surface area contributed by atoms with Crippen molar-refractivity contribution < 1.29 is 25.7 Å². The largest absolute Gasteiger partial charge is 1.00 e. The first-order valence-electron chi connectivity index (χ1n) is 18.5. The molecule has 0 saturated heterocycles. The van der Waals surface area contributed by atoms with E-state index in [1.807, 2.05) is 14.2 Å². The van der Waals surface area contributed by atoms with Crippen LogP contribution in [0.1, 0.15) is 187 Å². The molecule has 0 heterocycles. The molecule has 0 aliphatic carbocycles. The summed E-state index contributed by atoms with van der Waals surface area (Å²) in [5.41, 5.74) is 0. The summed E-state index contributed by atoms with van der Waals surface area (Å²) in [6, 6.07) is 1.15. The van der Waals surface area contributed by atoms with Crippen LogP contribution in [-0.4, -0.2) is 54.7 Å². The highest BCUT2D eigenvalue weighted by Gasteiger charge is 2.22. The van der Waals surface area contributed by atoms with E-state index in [2.05, 4.69) is 20.9 Å². The van der Waals surface area contributed by atoms with Gasteiger partial charge in [-0.25, -0.2) is 0 Å². The molecule has 0 bridgehead atoms. The first-order valence-corrected chi connectivity index (χ1v) is 20.3. The van der Waals surface area contributed by atoms with Crippen LogP contribution in [0.15, 0.2) is 0 Å². The Morgan fingerprint density at radius 3 is 0.902 bits per heavy atom. The van der Waals surface area contributed by atoms with E-state index < -0.39 is 9.28 Å². The van der Waals surface area contributed by atoms with Crippen molar-refractivity contribution in [2.45, 2.75) is 193 Å². The van der Waals surface area contributed by atoms with Crippen molar-refractivity contribution in [1.82, 2.24) is 0 Å². The zero-order valence-electron chi connectivity index (χ0n) is 29.1. The fourth-order valence-electron chi connectivity index (χ4n) is 6.33. The Labute approximate surface area is 268 Å². The lowest BCUT2D eigenvalue weighted by Crippen LogP contribution is -3.00. The maximum absolute atomic E-state index is 5.59. The van der Waals surface area contributed by atoms with Crippen LogP contribution < -0.4 is 12.4 Å². The second-order valence-corrected chi connectivity index (χ2v) is 15.7. The van der Waals surface area contributed by atoms with Gasteiger partial charge in [-0.1, -0.05) is 155 Å². The maximum Gasteiger partial charge on any atom is 0.321 e. The molecule has 5 heteroatoms. The molecule has 0 N–H and O–H groups in total. The van der Waals surface area contributed by atoms with Crippen LogP contribution in [0.3, 0.4) is 0 Å². The Hall–Kier alpha value is 0.387. The number of quaternary nitrogens is 1. The monoisotopic (exact) mass is 620 g/mol. The van der Waals surface area contributed by atoms with E-state index in [0.29, 0.717) is 0 Å². The minimum atomic E-state index is -1.42. The normalized spacial score (nSPS) is 13.0. The Morgan fingerprint density at radius 2 is 0.634 bits per heavy atom. The standard InChI is InChI=1S/C36H78NO2Si.ClH/c1-6-8-10-12-14-16-18-20-21-23-25-27-29-31-34-37(3,35-32-36-40(38-4)39-5)33-30-28-26-24-22-19-17-15-13-11-9-7-2;/h40H,6-36H2,1-5H3;1H/q+1;/p-1. The molecule has 1 unspecified atom stereocenters. The number of nitrogens with zero attached hydrogens (tertiary/aromatic N) is 1. The van der Waals surface area contributed by atoms with Crippen LogP contribution in [0, 0.1) is 0 Å². The Balaban J connectivity index is 0. The van der Waals surface area contributed by atoms with Gasteiger partial charge in [-0.15, -0.1) is 0 Å². The smallest absolute Gasteiger partial charge is 0.321 e. The van der Waals surface area contributed by atoms with Crippen molar-refractivity contribution >= 4 is 9.28 Å². The van der Waals surface area contributed by atoms with Crippen molar-refractivity contribution in [3.63, 3.8) is 0 Å². The van der Waals surface area contributed by atoms with E-state index in [0.717, 1.165) is 6.04 Å². The van der Waals surface area contributed by atoms with Crippen molar-refractivity contribution in [2.75, 3.05) is 40.9 Å². The summed E-state index contributed by atoms with van der Waals surface area (Å²) < 4.78 is 12.4. The Bertz CT molecular complexity index is 480. The van der Waals surface area contributed by atoms with E-state index in [4.69, 9.17) is 8.85 Å². The average Bonchev–Trinajstić information content (AvgIpc) is 2.96. The maximum atomic E-state index is 5.59. The third-order valence-corrected chi connectivity index (χ3v) is 11.2. The molecule has 0 radical (unpaired) electrons. The van der Waals surface area contributed by atoms with Crippen molar-refractivity contribution in [3.8, 4) is 0 Å². The van der Waals surface area contributed by atoms with Gasteiger partial charge < -0.3 is 25.7 Å². The van der Waals surface area contributed by atoms with Gasteiger partial charge in [0, 0.05) is 14.2 Å². The molecular weight excluding hydrogens is 542 g/mol. The van der Waals surface area contributed by atoms with Crippen LogP contribution in [0.2, 0.25) is 6.04 Å². The zero-order valence-corrected chi connectivity index (χ0v) is 31.0. The van der Waals surface area contributed by atoms with Crippen molar-refractivity contribution in [2.24, 2.45) is 0 Å². The lowest BCUT2D eigenvalue weighted by molar-refractivity contribution is -0.910. The first kappa shape index (κ1) is 43.5. The summed E-state index contributed by atoms with van der Waals surface area (Å²) in [5, 5.41) is 0. The van der Waals surface area contributed by atoms with Crippen LogP contribution in [0.5, 0.6) is 0 Å². The van der Waals surface area contributed by atoms with Gasteiger partial charge in [-0.3, -0.25) is 0 Å². The van der Waals surface area contributed by atoms with E-state index in [9.17, 15) is 0 Å². The predicted molar refractivity (Wildman–Crippen MR) is 183 cm³/mol. The minimum absolute atomic E-state index is 0. The third kappa shape index (κ3) is 31.6. The molecule has 0 aromatic rings. The molecule has 0 saturated carbocycles. The molecule has 0 aromatic carbocycles. The molecule has 0 amide bonds. The highest BCUT2D eigenvalue weighted by Crippen LogP contribution is 2.18. The second-order valence-electron chi connectivity index (χ2n) is 13.3.